The van der Waals surface area contributed by atoms with E-state index in [0.29, 0.717) is 5.56 Å². The van der Waals surface area contributed by atoms with E-state index in [4.69, 9.17) is 9.47 Å². The Labute approximate surface area is 198 Å². The third-order valence-electron chi connectivity index (χ3n) is 5.71. The van der Waals surface area contributed by atoms with Gasteiger partial charge in [-0.25, -0.2) is 14.0 Å². The van der Waals surface area contributed by atoms with E-state index in [1.54, 1.807) is 39.0 Å². The number of carbonyl (C=O) groups excluding carboxylic acids is 2. The molecule has 1 aliphatic carbocycles. The van der Waals surface area contributed by atoms with Gasteiger partial charge in [0.25, 0.3) is 0 Å². The first-order valence-electron chi connectivity index (χ1n) is 11.3. The van der Waals surface area contributed by atoms with Crippen molar-refractivity contribution in [3.05, 3.63) is 95.3 Å². The molecule has 0 radical (unpaired) electrons. The lowest BCUT2D eigenvalue weighted by Crippen LogP contribution is -2.46. The SMILES string of the molecule is CC(C)(C)OC(=O)C(Cc1ccccc1F)NC(=O)OCC1c2ccccc2-c2ccccc21. The van der Waals surface area contributed by atoms with Crippen molar-refractivity contribution in [2.24, 2.45) is 0 Å². The van der Waals surface area contributed by atoms with Crippen molar-refractivity contribution in [3.63, 3.8) is 0 Å². The maximum absolute atomic E-state index is 14.2. The first-order valence-corrected chi connectivity index (χ1v) is 11.3. The minimum atomic E-state index is -1.09. The molecule has 1 N–H and O–H groups in total. The monoisotopic (exact) mass is 461 g/mol. The molecule has 1 aliphatic rings. The van der Waals surface area contributed by atoms with Crippen LogP contribution in [0.1, 0.15) is 43.4 Å². The fourth-order valence-corrected chi connectivity index (χ4v) is 4.23. The third kappa shape index (κ3) is 5.28. The average molecular weight is 462 g/mol. The van der Waals surface area contributed by atoms with E-state index in [9.17, 15) is 14.0 Å². The van der Waals surface area contributed by atoms with Crippen LogP contribution in [0.4, 0.5) is 9.18 Å². The van der Waals surface area contributed by atoms with Crippen LogP contribution in [0.25, 0.3) is 11.1 Å². The van der Waals surface area contributed by atoms with Crippen LogP contribution in [0.2, 0.25) is 0 Å². The molecule has 0 fully saturated rings. The van der Waals surface area contributed by atoms with Crippen LogP contribution in [0.5, 0.6) is 0 Å². The molecule has 0 spiro atoms. The van der Waals surface area contributed by atoms with E-state index in [-0.39, 0.29) is 18.9 Å². The van der Waals surface area contributed by atoms with Gasteiger partial charge in [-0.1, -0.05) is 66.7 Å². The number of fused-ring (bicyclic) bond motifs is 3. The van der Waals surface area contributed by atoms with Crippen LogP contribution < -0.4 is 5.32 Å². The van der Waals surface area contributed by atoms with Crippen molar-refractivity contribution in [2.75, 3.05) is 6.61 Å². The fourth-order valence-electron chi connectivity index (χ4n) is 4.23. The highest BCUT2D eigenvalue weighted by atomic mass is 19.1. The molecular weight excluding hydrogens is 433 g/mol. The predicted molar refractivity (Wildman–Crippen MR) is 128 cm³/mol. The van der Waals surface area contributed by atoms with Gasteiger partial charge in [0.05, 0.1) is 0 Å². The molecular formula is C28H28FNO4. The highest BCUT2D eigenvalue weighted by Gasteiger charge is 2.31. The van der Waals surface area contributed by atoms with Crippen molar-refractivity contribution in [3.8, 4) is 11.1 Å². The Morgan fingerprint density at radius 3 is 2.06 bits per heavy atom. The molecule has 0 saturated carbocycles. The Morgan fingerprint density at radius 2 is 1.47 bits per heavy atom. The Kier molecular flexibility index (Phi) is 6.68. The number of alkyl carbamates (subject to hydrolysis) is 1. The molecule has 0 aromatic heterocycles. The first-order chi connectivity index (χ1) is 16.2. The minimum Gasteiger partial charge on any atom is -0.458 e. The smallest absolute Gasteiger partial charge is 0.407 e. The number of hydrogen-bond donors (Lipinski definition) is 1. The molecule has 3 aromatic carbocycles. The van der Waals surface area contributed by atoms with Crippen molar-refractivity contribution in [1.29, 1.82) is 0 Å². The van der Waals surface area contributed by atoms with Crippen LogP contribution in [0.3, 0.4) is 0 Å². The number of benzene rings is 3. The summed E-state index contributed by atoms with van der Waals surface area (Å²) in [5, 5.41) is 2.58. The number of halogens is 1. The number of ether oxygens (including phenoxy) is 2. The quantitative estimate of drug-likeness (QED) is 0.484. The molecule has 5 nitrogen and oxygen atoms in total. The Morgan fingerprint density at radius 1 is 0.912 bits per heavy atom. The zero-order valence-electron chi connectivity index (χ0n) is 19.5. The summed E-state index contributed by atoms with van der Waals surface area (Å²) in [4.78, 5) is 25.5. The van der Waals surface area contributed by atoms with Crippen molar-refractivity contribution in [2.45, 2.75) is 44.8 Å². The van der Waals surface area contributed by atoms with Gasteiger partial charge < -0.3 is 14.8 Å². The van der Waals surface area contributed by atoms with Crippen LogP contribution in [0.15, 0.2) is 72.8 Å². The number of nitrogens with one attached hydrogen (secondary N) is 1. The summed E-state index contributed by atoms with van der Waals surface area (Å²) in [5.74, 6) is -1.21. The summed E-state index contributed by atoms with van der Waals surface area (Å²) in [7, 11) is 0. The summed E-state index contributed by atoms with van der Waals surface area (Å²) in [5.41, 5.74) is 3.97. The zero-order valence-corrected chi connectivity index (χ0v) is 19.5. The molecule has 4 rings (SSSR count). The zero-order chi connectivity index (χ0) is 24.3. The molecule has 0 aliphatic heterocycles. The highest BCUT2D eigenvalue weighted by molar-refractivity contribution is 5.82. The van der Waals surface area contributed by atoms with Gasteiger partial charge in [-0.3, -0.25) is 0 Å². The van der Waals surface area contributed by atoms with Gasteiger partial charge in [0.15, 0.2) is 0 Å². The topological polar surface area (TPSA) is 64.6 Å². The van der Waals surface area contributed by atoms with E-state index >= 15 is 0 Å². The second-order valence-corrected chi connectivity index (χ2v) is 9.35. The van der Waals surface area contributed by atoms with Gasteiger partial charge in [-0.15, -0.1) is 0 Å². The van der Waals surface area contributed by atoms with Crippen LogP contribution in [0, 0.1) is 5.82 Å². The van der Waals surface area contributed by atoms with Gasteiger partial charge in [-0.2, -0.15) is 0 Å². The average Bonchev–Trinajstić information content (AvgIpc) is 3.11. The van der Waals surface area contributed by atoms with Gasteiger partial charge >= 0.3 is 12.1 Å². The van der Waals surface area contributed by atoms with Gasteiger partial charge in [0.2, 0.25) is 0 Å². The molecule has 1 amide bonds. The van der Waals surface area contributed by atoms with Crippen LogP contribution in [-0.4, -0.2) is 30.3 Å². The number of esters is 1. The second kappa shape index (κ2) is 9.67. The van der Waals surface area contributed by atoms with Crippen LogP contribution in [-0.2, 0) is 20.7 Å². The second-order valence-electron chi connectivity index (χ2n) is 9.35. The third-order valence-corrected chi connectivity index (χ3v) is 5.71. The normalized spacial score (nSPS) is 13.5. The maximum Gasteiger partial charge on any atom is 0.407 e. The molecule has 1 unspecified atom stereocenters. The molecule has 1 atom stereocenters. The number of hydrogen-bond acceptors (Lipinski definition) is 4. The van der Waals surface area contributed by atoms with Crippen molar-refractivity contribution >= 4 is 12.1 Å². The van der Waals surface area contributed by atoms with E-state index in [0.717, 1.165) is 22.3 Å². The summed E-state index contributed by atoms with van der Waals surface area (Å²) < 4.78 is 25.2. The van der Waals surface area contributed by atoms with E-state index < -0.39 is 29.5 Å². The first kappa shape index (κ1) is 23.5. The largest absolute Gasteiger partial charge is 0.458 e. The van der Waals surface area contributed by atoms with Crippen molar-refractivity contribution < 1.29 is 23.5 Å². The summed E-state index contributed by atoms with van der Waals surface area (Å²) in [6.45, 7) is 5.32. The maximum atomic E-state index is 14.2. The standard InChI is InChI=1S/C28H28FNO4/c1-28(2,3)34-26(31)25(16-18-10-4-9-15-24(18)29)30-27(32)33-17-23-21-13-7-5-11-19(21)20-12-6-8-14-22(20)23/h4-15,23,25H,16-17H2,1-3H3,(H,30,32). The Hall–Kier alpha value is -3.67. The van der Waals surface area contributed by atoms with Gasteiger partial charge in [0.1, 0.15) is 24.1 Å². The number of carbonyl (C=O) groups is 2. The van der Waals surface area contributed by atoms with E-state index in [2.05, 4.69) is 17.4 Å². The molecule has 0 heterocycles. The summed E-state index contributed by atoms with van der Waals surface area (Å²) in [6, 6.07) is 21.1. The van der Waals surface area contributed by atoms with E-state index in [1.807, 2.05) is 36.4 Å². The van der Waals surface area contributed by atoms with Gasteiger partial charge in [0, 0.05) is 12.3 Å². The lowest BCUT2D eigenvalue weighted by molar-refractivity contribution is -0.157. The molecule has 0 saturated heterocycles. The number of amides is 1. The van der Waals surface area contributed by atoms with Crippen LogP contribution >= 0.6 is 0 Å². The lowest BCUT2D eigenvalue weighted by atomic mass is 9.98. The Bertz CT molecular complexity index is 1160. The molecule has 6 heteroatoms. The van der Waals surface area contributed by atoms with E-state index in [1.165, 1.54) is 6.07 Å². The minimum absolute atomic E-state index is 0.0498. The molecule has 176 valence electrons. The predicted octanol–water partition coefficient (Wildman–Crippen LogP) is 5.62. The van der Waals surface area contributed by atoms with Crippen molar-refractivity contribution in [1.82, 2.24) is 5.32 Å². The summed E-state index contributed by atoms with van der Waals surface area (Å²) >= 11 is 0. The molecule has 0 bridgehead atoms. The molecule has 3 aromatic rings. The number of rotatable bonds is 6. The van der Waals surface area contributed by atoms with Gasteiger partial charge in [-0.05, 0) is 54.7 Å². The highest BCUT2D eigenvalue weighted by Crippen LogP contribution is 2.44. The fraction of sp³-hybridized carbons (Fsp3) is 0.286. The molecule has 34 heavy (non-hydrogen) atoms. The Balaban J connectivity index is 1.48. The lowest BCUT2D eigenvalue weighted by Gasteiger charge is -2.25. The summed E-state index contributed by atoms with van der Waals surface area (Å²) in [6.07, 6.45) is -0.805.